The molecule has 166 valence electrons. The van der Waals surface area contributed by atoms with Crippen LogP contribution in [0.2, 0.25) is 0 Å². The first-order valence-electron chi connectivity index (χ1n) is 10.5. The summed E-state index contributed by atoms with van der Waals surface area (Å²) in [5.74, 6) is 0.602. The van der Waals surface area contributed by atoms with E-state index in [0.29, 0.717) is 13.0 Å². The number of rotatable bonds is 7. The van der Waals surface area contributed by atoms with Gasteiger partial charge in [0.1, 0.15) is 5.75 Å². The van der Waals surface area contributed by atoms with Crippen molar-refractivity contribution in [2.75, 3.05) is 20.2 Å². The van der Waals surface area contributed by atoms with Gasteiger partial charge in [0.15, 0.2) is 11.4 Å². The number of urea groups is 1. The van der Waals surface area contributed by atoms with Gasteiger partial charge >= 0.3 is 6.03 Å². The number of benzene rings is 2. The fraction of sp³-hybridized carbons (Fsp3) is 0.280. The number of hydrogen-bond donors (Lipinski definition) is 2. The average molecular weight is 434 g/mol. The predicted molar refractivity (Wildman–Crippen MR) is 121 cm³/mol. The van der Waals surface area contributed by atoms with E-state index in [1.807, 2.05) is 56.3 Å². The Morgan fingerprint density at radius 1 is 1.16 bits per heavy atom. The van der Waals surface area contributed by atoms with Crippen LogP contribution in [0.5, 0.6) is 5.75 Å². The predicted octanol–water partition coefficient (Wildman–Crippen LogP) is 3.76. The molecule has 1 fully saturated rings. The summed E-state index contributed by atoms with van der Waals surface area (Å²) in [6, 6.07) is 16.8. The van der Waals surface area contributed by atoms with Crippen molar-refractivity contribution in [1.29, 1.82) is 0 Å². The van der Waals surface area contributed by atoms with E-state index in [0.717, 1.165) is 28.0 Å². The molecule has 7 nitrogen and oxygen atoms in total. The second kappa shape index (κ2) is 8.78. The number of ether oxygens (including phenoxy) is 1. The minimum absolute atomic E-state index is 0.197. The lowest BCUT2D eigenvalue weighted by Gasteiger charge is -2.38. The van der Waals surface area contributed by atoms with Crippen molar-refractivity contribution >= 4 is 11.9 Å². The minimum atomic E-state index is -1.04. The summed E-state index contributed by atoms with van der Waals surface area (Å²) >= 11 is 0. The summed E-state index contributed by atoms with van der Waals surface area (Å²) < 4.78 is 10.5. The molecule has 4 rings (SSSR count). The van der Waals surface area contributed by atoms with Gasteiger partial charge in [0.25, 0.3) is 5.91 Å². The molecule has 1 saturated heterocycles. The maximum absolute atomic E-state index is 13.0. The summed E-state index contributed by atoms with van der Waals surface area (Å²) in [5.41, 5.74) is 3.10. The Hall–Kier alpha value is -3.74. The normalized spacial score (nSPS) is 17.8. The van der Waals surface area contributed by atoms with Gasteiger partial charge < -0.3 is 19.8 Å². The van der Waals surface area contributed by atoms with Crippen molar-refractivity contribution in [2.24, 2.45) is 0 Å². The molecule has 1 atom stereocenters. The van der Waals surface area contributed by atoms with Gasteiger partial charge in [-0.2, -0.15) is 0 Å². The Morgan fingerprint density at radius 2 is 1.94 bits per heavy atom. The number of carbonyl (C=O) groups is 2. The smallest absolute Gasteiger partial charge is 0.319 e. The Morgan fingerprint density at radius 3 is 2.59 bits per heavy atom. The number of methoxy groups -OCH3 is 1. The molecule has 1 aromatic heterocycles. The SMILES string of the molecule is COc1ccc(CCN2C(=O)NCC2(NC(=O)c2ccco2)c2ccc(C)c(C)c2)cc1. The van der Waals surface area contributed by atoms with Crippen LogP contribution in [0.4, 0.5) is 4.79 Å². The topological polar surface area (TPSA) is 83.8 Å². The highest BCUT2D eigenvalue weighted by atomic mass is 16.5. The van der Waals surface area contributed by atoms with E-state index in [1.54, 1.807) is 24.1 Å². The molecule has 0 spiro atoms. The molecule has 3 aromatic rings. The largest absolute Gasteiger partial charge is 0.497 e. The fourth-order valence-electron chi connectivity index (χ4n) is 3.99. The molecule has 2 aromatic carbocycles. The fourth-order valence-corrected chi connectivity index (χ4v) is 3.99. The number of furan rings is 1. The van der Waals surface area contributed by atoms with E-state index >= 15 is 0 Å². The number of aryl methyl sites for hydroxylation is 2. The van der Waals surface area contributed by atoms with Gasteiger partial charge in [-0.3, -0.25) is 9.69 Å². The van der Waals surface area contributed by atoms with E-state index in [1.165, 1.54) is 6.26 Å². The highest BCUT2D eigenvalue weighted by molar-refractivity contribution is 5.93. The monoisotopic (exact) mass is 433 g/mol. The van der Waals surface area contributed by atoms with Gasteiger partial charge in [-0.1, -0.05) is 30.3 Å². The number of amides is 3. The van der Waals surface area contributed by atoms with Gasteiger partial charge in [0.05, 0.1) is 19.9 Å². The van der Waals surface area contributed by atoms with Crippen LogP contribution in [0.25, 0.3) is 0 Å². The lowest BCUT2D eigenvalue weighted by Crippen LogP contribution is -2.57. The van der Waals surface area contributed by atoms with E-state index in [4.69, 9.17) is 9.15 Å². The first-order valence-corrected chi connectivity index (χ1v) is 10.5. The Kier molecular flexibility index (Phi) is 5.90. The van der Waals surface area contributed by atoms with Crippen molar-refractivity contribution in [3.05, 3.63) is 88.9 Å². The van der Waals surface area contributed by atoms with E-state index < -0.39 is 5.66 Å². The number of nitrogens with one attached hydrogen (secondary N) is 2. The number of carbonyl (C=O) groups excluding carboxylic acids is 2. The van der Waals surface area contributed by atoms with Crippen LogP contribution in [-0.4, -0.2) is 37.0 Å². The van der Waals surface area contributed by atoms with Crippen LogP contribution in [-0.2, 0) is 12.1 Å². The molecule has 1 unspecified atom stereocenters. The molecule has 0 bridgehead atoms. The van der Waals surface area contributed by atoms with Crippen LogP contribution in [0, 0.1) is 13.8 Å². The quantitative estimate of drug-likeness (QED) is 0.594. The van der Waals surface area contributed by atoms with Crippen LogP contribution in [0.1, 0.15) is 32.8 Å². The molecular weight excluding hydrogens is 406 g/mol. The molecule has 1 aliphatic heterocycles. The van der Waals surface area contributed by atoms with E-state index in [2.05, 4.69) is 10.6 Å². The van der Waals surface area contributed by atoms with Gasteiger partial charge in [-0.05, 0) is 61.2 Å². The van der Waals surface area contributed by atoms with Gasteiger partial charge in [-0.15, -0.1) is 0 Å². The lowest BCUT2D eigenvalue weighted by molar-refractivity contribution is 0.0734. The maximum atomic E-state index is 13.0. The number of nitrogens with zero attached hydrogens (tertiary/aromatic N) is 1. The molecule has 2 heterocycles. The van der Waals surface area contributed by atoms with Crippen molar-refractivity contribution in [2.45, 2.75) is 25.9 Å². The Labute approximate surface area is 187 Å². The summed E-state index contributed by atoms with van der Waals surface area (Å²) in [4.78, 5) is 27.6. The van der Waals surface area contributed by atoms with Crippen LogP contribution >= 0.6 is 0 Å². The summed E-state index contributed by atoms with van der Waals surface area (Å²) in [5, 5.41) is 6.00. The lowest BCUT2D eigenvalue weighted by atomic mass is 9.94. The van der Waals surface area contributed by atoms with Gasteiger partial charge in [0.2, 0.25) is 0 Å². The molecular formula is C25H27N3O4. The summed E-state index contributed by atoms with van der Waals surface area (Å²) in [6.45, 7) is 4.73. The molecule has 7 heteroatoms. The Balaban J connectivity index is 1.67. The molecule has 2 N–H and O–H groups in total. The zero-order valence-corrected chi connectivity index (χ0v) is 18.5. The van der Waals surface area contributed by atoms with Crippen molar-refractivity contribution in [1.82, 2.24) is 15.5 Å². The third kappa shape index (κ3) is 4.06. The molecule has 32 heavy (non-hydrogen) atoms. The molecule has 0 aliphatic carbocycles. The first kappa shape index (κ1) is 21.5. The summed E-state index contributed by atoms with van der Waals surface area (Å²) in [7, 11) is 1.63. The van der Waals surface area contributed by atoms with Crippen LogP contribution in [0.15, 0.2) is 65.3 Å². The van der Waals surface area contributed by atoms with Crippen LogP contribution < -0.4 is 15.4 Å². The first-order chi connectivity index (χ1) is 15.4. The van der Waals surface area contributed by atoms with E-state index in [-0.39, 0.29) is 24.2 Å². The van der Waals surface area contributed by atoms with Gasteiger partial charge in [-0.25, -0.2) is 4.79 Å². The van der Waals surface area contributed by atoms with Crippen LogP contribution in [0.3, 0.4) is 0 Å². The minimum Gasteiger partial charge on any atom is -0.497 e. The highest BCUT2D eigenvalue weighted by Gasteiger charge is 2.48. The summed E-state index contributed by atoms with van der Waals surface area (Å²) in [6.07, 6.45) is 2.08. The zero-order valence-electron chi connectivity index (χ0n) is 18.5. The molecule has 0 saturated carbocycles. The molecule has 0 radical (unpaired) electrons. The second-order valence-corrected chi connectivity index (χ2v) is 8.00. The molecule has 1 aliphatic rings. The van der Waals surface area contributed by atoms with Crippen molar-refractivity contribution in [3.8, 4) is 5.75 Å². The molecule has 3 amide bonds. The maximum Gasteiger partial charge on any atom is 0.319 e. The number of hydrogen-bond acceptors (Lipinski definition) is 4. The van der Waals surface area contributed by atoms with Crippen molar-refractivity contribution in [3.63, 3.8) is 0 Å². The standard InChI is InChI=1S/C25H27N3O4/c1-17-6-9-20(15-18(17)2)25(27-23(29)22-5-4-14-32-22)16-26-24(30)28(25)13-12-19-7-10-21(31-3)11-8-19/h4-11,14-15H,12-13,16H2,1-3H3,(H,26,30)(H,27,29). The van der Waals surface area contributed by atoms with E-state index in [9.17, 15) is 9.59 Å². The van der Waals surface area contributed by atoms with Gasteiger partial charge in [0, 0.05) is 12.1 Å². The third-order valence-electron chi connectivity index (χ3n) is 6.03. The average Bonchev–Trinajstić information content (AvgIpc) is 3.44. The Bertz CT molecular complexity index is 1110. The third-order valence-corrected chi connectivity index (χ3v) is 6.03. The van der Waals surface area contributed by atoms with Crippen molar-refractivity contribution < 1.29 is 18.7 Å². The second-order valence-electron chi connectivity index (χ2n) is 8.00. The highest BCUT2D eigenvalue weighted by Crippen LogP contribution is 2.32. The zero-order chi connectivity index (χ0) is 22.7.